The molecule has 0 aliphatic carbocycles. The molecule has 118 valence electrons. The molecule has 22 heavy (non-hydrogen) atoms. The average molecular weight is 363 g/mol. The highest BCUT2D eigenvalue weighted by atomic mass is 35.6. The summed E-state index contributed by atoms with van der Waals surface area (Å²) in [5.74, 6) is -1.47. The van der Waals surface area contributed by atoms with Crippen LogP contribution >= 0.6 is 34.8 Å². The second-order valence-electron chi connectivity index (χ2n) is 4.04. The van der Waals surface area contributed by atoms with E-state index < -0.39 is 15.7 Å². The fourth-order valence-electron chi connectivity index (χ4n) is 1.36. The fourth-order valence-corrected chi connectivity index (χ4v) is 1.53. The van der Waals surface area contributed by atoms with Crippen molar-refractivity contribution in [1.29, 1.82) is 0 Å². The molecule has 0 bridgehead atoms. The van der Waals surface area contributed by atoms with Gasteiger partial charge in [-0.05, 0) is 18.6 Å². The number of amides is 1. The predicted molar refractivity (Wildman–Crippen MR) is 88.6 cm³/mol. The Labute approximate surface area is 143 Å². The number of carbonyl (C=O) groups is 2. The lowest BCUT2D eigenvalue weighted by atomic mass is 10.1. The number of nitrogens with one attached hydrogen (secondary N) is 1. The summed E-state index contributed by atoms with van der Waals surface area (Å²) in [4.78, 5) is 23.3. The Hall–Kier alpha value is -1.49. The summed E-state index contributed by atoms with van der Waals surface area (Å²) in [6.07, 6.45) is 4.35. The molecule has 1 aromatic rings. The molecular formula is C15H14Cl3NO3. The van der Waals surface area contributed by atoms with Gasteiger partial charge in [0.2, 0.25) is 0 Å². The third-order valence-electron chi connectivity index (χ3n) is 2.38. The molecule has 0 saturated carbocycles. The minimum absolute atomic E-state index is 0.119. The van der Waals surface area contributed by atoms with Crippen LogP contribution < -0.4 is 5.32 Å². The Morgan fingerprint density at radius 2 is 1.86 bits per heavy atom. The van der Waals surface area contributed by atoms with Gasteiger partial charge in [0, 0.05) is 6.20 Å². The van der Waals surface area contributed by atoms with Crippen LogP contribution in [0.15, 0.2) is 48.2 Å². The Balaban J connectivity index is 2.91. The zero-order valence-corrected chi connectivity index (χ0v) is 14.0. The third-order valence-corrected chi connectivity index (χ3v) is 2.90. The standard InChI is InChI=1S/C15H14Cl3NO3/c1-2-22-13(20)12(10-19-14(21)15(16,17)18)9-8-11-6-4-3-5-7-11/h3-10H,2H2,1H3,(H,19,21)/b9-8+,12-10+. The minimum atomic E-state index is -2.11. The van der Waals surface area contributed by atoms with Crippen molar-refractivity contribution >= 4 is 52.8 Å². The zero-order valence-electron chi connectivity index (χ0n) is 11.7. The largest absolute Gasteiger partial charge is 0.462 e. The van der Waals surface area contributed by atoms with Gasteiger partial charge in [0.05, 0.1) is 12.2 Å². The highest BCUT2D eigenvalue weighted by Crippen LogP contribution is 2.25. The van der Waals surface area contributed by atoms with Gasteiger partial charge in [-0.15, -0.1) is 0 Å². The van der Waals surface area contributed by atoms with Crippen LogP contribution in [-0.4, -0.2) is 22.3 Å². The van der Waals surface area contributed by atoms with Gasteiger partial charge in [0.15, 0.2) is 0 Å². The molecule has 0 heterocycles. The lowest BCUT2D eigenvalue weighted by Crippen LogP contribution is -2.31. The van der Waals surface area contributed by atoms with E-state index >= 15 is 0 Å². The number of alkyl halides is 3. The number of hydrogen-bond acceptors (Lipinski definition) is 3. The Bertz CT molecular complexity index is 577. The van der Waals surface area contributed by atoms with Crippen LogP contribution in [0, 0.1) is 0 Å². The number of halogens is 3. The molecular weight excluding hydrogens is 349 g/mol. The summed E-state index contributed by atoms with van der Waals surface area (Å²) < 4.78 is 2.79. The predicted octanol–water partition coefficient (Wildman–Crippen LogP) is 3.63. The molecule has 0 fully saturated rings. The summed E-state index contributed by atoms with van der Waals surface area (Å²) in [6, 6.07) is 9.31. The molecule has 0 aromatic heterocycles. The average Bonchev–Trinajstić information content (AvgIpc) is 2.47. The summed E-state index contributed by atoms with van der Waals surface area (Å²) in [6.45, 7) is 1.88. The molecule has 0 radical (unpaired) electrons. The van der Waals surface area contributed by atoms with Crippen LogP contribution in [0.5, 0.6) is 0 Å². The smallest absolute Gasteiger partial charge is 0.339 e. The number of carbonyl (C=O) groups excluding carboxylic acids is 2. The second kappa shape index (κ2) is 8.83. The normalized spacial score (nSPS) is 12.3. The monoisotopic (exact) mass is 361 g/mol. The Morgan fingerprint density at radius 3 is 2.41 bits per heavy atom. The molecule has 1 rings (SSSR count). The molecule has 4 nitrogen and oxygen atoms in total. The van der Waals surface area contributed by atoms with Crippen molar-refractivity contribution < 1.29 is 14.3 Å². The van der Waals surface area contributed by atoms with E-state index in [2.05, 4.69) is 5.32 Å². The molecule has 1 aromatic carbocycles. The summed E-state index contributed by atoms with van der Waals surface area (Å²) >= 11 is 16.3. The zero-order chi connectivity index (χ0) is 16.6. The maximum Gasteiger partial charge on any atom is 0.339 e. The van der Waals surface area contributed by atoms with E-state index in [1.807, 2.05) is 30.3 Å². The van der Waals surface area contributed by atoms with Crippen LogP contribution in [0.1, 0.15) is 12.5 Å². The number of hydrogen-bond donors (Lipinski definition) is 1. The number of rotatable bonds is 5. The van der Waals surface area contributed by atoms with E-state index in [0.29, 0.717) is 0 Å². The Morgan fingerprint density at radius 1 is 1.23 bits per heavy atom. The molecule has 1 amide bonds. The van der Waals surface area contributed by atoms with Gasteiger partial charge < -0.3 is 10.1 Å². The molecule has 0 aliphatic heterocycles. The van der Waals surface area contributed by atoms with Gasteiger partial charge in [0.25, 0.3) is 9.70 Å². The fraction of sp³-hybridized carbons (Fsp3) is 0.200. The number of esters is 1. The molecule has 0 spiro atoms. The number of ether oxygens (including phenoxy) is 1. The first-order valence-electron chi connectivity index (χ1n) is 6.32. The molecule has 0 saturated heterocycles. The van der Waals surface area contributed by atoms with Crippen LogP contribution in [-0.2, 0) is 14.3 Å². The molecule has 1 N–H and O–H groups in total. The van der Waals surface area contributed by atoms with E-state index in [1.165, 1.54) is 6.08 Å². The topological polar surface area (TPSA) is 55.4 Å². The van der Waals surface area contributed by atoms with Crippen LogP contribution in [0.4, 0.5) is 0 Å². The van der Waals surface area contributed by atoms with Crippen molar-refractivity contribution in [3.05, 3.63) is 53.7 Å². The highest BCUT2D eigenvalue weighted by Gasteiger charge is 2.30. The van der Waals surface area contributed by atoms with Crippen molar-refractivity contribution in [2.75, 3.05) is 6.61 Å². The van der Waals surface area contributed by atoms with Crippen molar-refractivity contribution in [1.82, 2.24) is 5.32 Å². The van der Waals surface area contributed by atoms with E-state index in [4.69, 9.17) is 39.5 Å². The minimum Gasteiger partial charge on any atom is -0.462 e. The maximum absolute atomic E-state index is 11.8. The van der Waals surface area contributed by atoms with Crippen molar-refractivity contribution in [3.8, 4) is 0 Å². The SMILES string of the molecule is CCOC(=O)C(/C=C/c1ccccc1)=C/NC(=O)C(Cl)(Cl)Cl. The molecule has 0 atom stereocenters. The van der Waals surface area contributed by atoms with Crippen molar-refractivity contribution in [2.45, 2.75) is 10.7 Å². The molecule has 7 heteroatoms. The van der Waals surface area contributed by atoms with E-state index in [1.54, 1.807) is 13.0 Å². The second-order valence-corrected chi connectivity index (χ2v) is 6.32. The number of benzene rings is 1. The van der Waals surface area contributed by atoms with Gasteiger partial charge in [-0.2, -0.15) is 0 Å². The van der Waals surface area contributed by atoms with Crippen LogP contribution in [0.3, 0.4) is 0 Å². The van der Waals surface area contributed by atoms with E-state index in [-0.39, 0.29) is 12.2 Å². The lowest BCUT2D eigenvalue weighted by Gasteiger charge is -2.09. The van der Waals surface area contributed by atoms with Crippen molar-refractivity contribution in [2.24, 2.45) is 0 Å². The maximum atomic E-state index is 11.8. The van der Waals surface area contributed by atoms with Gasteiger partial charge in [0.1, 0.15) is 0 Å². The Kier molecular flexibility index (Phi) is 7.45. The highest BCUT2D eigenvalue weighted by molar-refractivity contribution is 6.76. The summed E-state index contributed by atoms with van der Waals surface area (Å²) in [5.41, 5.74) is 0.999. The first kappa shape index (κ1) is 18.6. The van der Waals surface area contributed by atoms with Gasteiger partial charge in [-0.25, -0.2) is 4.79 Å². The van der Waals surface area contributed by atoms with E-state index in [9.17, 15) is 9.59 Å². The first-order valence-corrected chi connectivity index (χ1v) is 7.46. The van der Waals surface area contributed by atoms with Crippen LogP contribution in [0.25, 0.3) is 6.08 Å². The quantitative estimate of drug-likeness (QED) is 0.376. The lowest BCUT2D eigenvalue weighted by molar-refractivity contribution is -0.138. The summed E-state index contributed by atoms with van der Waals surface area (Å²) in [7, 11) is 0. The molecule has 0 unspecified atom stereocenters. The van der Waals surface area contributed by atoms with E-state index in [0.717, 1.165) is 11.8 Å². The van der Waals surface area contributed by atoms with Gasteiger partial charge >= 0.3 is 5.97 Å². The van der Waals surface area contributed by atoms with Crippen LogP contribution in [0.2, 0.25) is 0 Å². The van der Waals surface area contributed by atoms with Crippen molar-refractivity contribution in [3.63, 3.8) is 0 Å². The molecule has 0 aliphatic rings. The van der Waals surface area contributed by atoms with Gasteiger partial charge in [-0.3, -0.25) is 4.79 Å². The third kappa shape index (κ3) is 6.52. The summed E-state index contributed by atoms with van der Waals surface area (Å²) in [5, 5.41) is 2.25. The first-order chi connectivity index (χ1) is 10.3. The van der Waals surface area contributed by atoms with Gasteiger partial charge in [-0.1, -0.05) is 71.2 Å².